The van der Waals surface area contributed by atoms with Crippen molar-refractivity contribution in [3.63, 3.8) is 0 Å². The third-order valence-electron chi connectivity index (χ3n) is 2.14. The number of carbonyl (C=O) groups excluding carboxylic acids is 1. The van der Waals surface area contributed by atoms with Crippen molar-refractivity contribution in [3.05, 3.63) is 0 Å². The number of hydrogen-bond donors (Lipinski definition) is 0. The minimum absolute atomic E-state index is 0.00912. The highest BCUT2D eigenvalue weighted by molar-refractivity contribution is 7.99. The second-order valence-corrected chi connectivity index (χ2v) is 5.22. The highest BCUT2D eigenvalue weighted by atomic mass is 32.2. The molecule has 0 aliphatic heterocycles. The van der Waals surface area contributed by atoms with Crippen LogP contribution in [0.3, 0.4) is 0 Å². The SMILES string of the molecule is CCCSCCC(CC)C(=O)OC(C)C. The number of thioether (sulfide) groups is 1. The van der Waals surface area contributed by atoms with Crippen molar-refractivity contribution in [2.45, 2.75) is 53.1 Å². The van der Waals surface area contributed by atoms with Crippen LogP contribution in [-0.2, 0) is 9.53 Å². The van der Waals surface area contributed by atoms with Gasteiger partial charge in [-0.15, -0.1) is 0 Å². The molecule has 0 amide bonds. The van der Waals surface area contributed by atoms with Gasteiger partial charge in [-0.2, -0.15) is 11.8 Å². The lowest BCUT2D eigenvalue weighted by molar-refractivity contribution is -0.152. The molecule has 0 rings (SSSR count). The quantitative estimate of drug-likeness (QED) is 0.473. The Hall–Kier alpha value is -0.180. The molecule has 3 heteroatoms. The Morgan fingerprint density at radius 1 is 1.27 bits per heavy atom. The fourth-order valence-corrected chi connectivity index (χ4v) is 2.23. The molecular weight excluding hydrogens is 208 g/mol. The van der Waals surface area contributed by atoms with Crippen LogP contribution in [0.5, 0.6) is 0 Å². The molecule has 0 saturated heterocycles. The average molecular weight is 232 g/mol. The number of ether oxygens (including phenoxy) is 1. The summed E-state index contributed by atoms with van der Waals surface area (Å²) in [5, 5.41) is 0. The summed E-state index contributed by atoms with van der Waals surface area (Å²) in [5.41, 5.74) is 0. The van der Waals surface area contributed by atoms with E-state index in [2.05, 4.69) is 13.8 Å². The van der Waals surface area contributed by atoms with E-state index in [-0.39, 0.29) is 18.0 Å². The Kier molecular flexibility index (Phi) is 8.97. The maximum atomic E-state index is 11.6. The Balaban J connectivity index is 3.75. The first-order chi connectivity index (χ1) is 7.11. The summed E-state index contributed by atoms with van der Waals surface area (Å²) < 4.78 is 5.21. The van der Waals surface area contributed by atoms with Crippen LogP contribution in [0.15, 0.2) is 0 Å². The fourth-order valence-electron chi connectivity index (χ4n) is 1.29. The van der Waals surface area contributed by atoms with Crippen LogP contribution in [0.2, 0.25) is 0 Å². The predicted molar refractivity (Wildman–Crippen MR) is 67.2 cm³/mol. The minimum Gasteiger partial charge on any atom is -0.463 e. The van der Waals surface area contributed by atoms with E-state index in [0.717, 1.165) is 18.6 Å². The third-order valence-corrected chi connectivity index (χ3v) is 3.36. The van der Waals surface area contributed by atoms with E-state index >= 15 is 0 Å². The molecule has 0 saturated carbocycles. The Morgan fingerprint density at radius 2 is 1.93 bits per heavy atom. The Bertz CT molecular complexity index is 169. The van der Waals surface area contributed by atoms with Crippen LogP contribution in [0.1, 0.15) is 47.0 Å². The van der Waals surface area contributed by atoms with Crippen molar-refractivity contribution in [1.29, 1.82) is 0 Å². The Labute approximate surface area is 98.2 Å². The van der Waals surface area contributed by atoms with Crippen LogP contribution in [0.25, 0.3) is 0 Å². The zero-order chi connectivity index (χ0) is 11.7. The van der Waals surface area contributed by atoms with Gasteiger partial charge in [0.1, 0.15) is 0 Å². The topological polar surface area (TPSA) is 26.3 Å². The van der Waals surface area contributed by atoms with Gasteiger partial charge >= 0.3 is 5.97 Å². The van der Waals surface area contributed by atoms with E-state index in [0.29, 0.717) is 0 Å². The van der Waals surface area contributed by atoms with E-state index in [9.17, 15) is 4.79 Å². The van der Waals surface area contributed by atoms with Gasteiger partial charge in [0, 0.05) is 0 Å². The van der Waals surface area contributed by atoms with Crippen LogP contribution >= 0.6 is 11.8 Å². The van der Waals surface area contributed by atoms with Crippen LogP contribution in [0.4, 0.5) is 0 Å². The molecule has 0 heterocycles. The van der Waals surface area contributed by atoms with Gasteiger partial charge in [-0.3, -0.25) is 4.79 Å². The van der Waals surface area contributed by atoms with Gasteiger partial charge in [0.25, 0.3) is 0 Å². The zero-order valence-corrected chi connectivity index (χ0v) is 11.2. The van der Waals surface area contributed by atoms with E-state index in [4.69, 9.17) is 4.74 Å². The third kappa shape index (κ3) is 7.71. The minimum atomic E-state index is -0.0235. The van der Waals surface area contributed by atoms with Crippen molar-refractivity contribution in [2.24, 2.45) is 5.92 Å². The van der Waals surface area contributed by atoms with Crippen LogP contribution in [-0.4, -0.2) is 23.6 Å². The zero-order valence-electron chi connectivity index (χ0n) is 10.4. The van der Waals surface area contributed by atoms with Gasteiger partial charge < -0.3 is 4.74 Å². The fraction of sp³-hybridized carbons (Fsp3) is 0.917. The second kappa shape index (κ2) is 9.08. The monoisotopic (exact) mass is 232 g/mol. The van der Waals surface area contributed by atoms with Crippen molar-refractivity contribution in [2.75, 3.05) is 11.5 Å². The van der Waals surface area contributed by atoms with Crippen molar-refractivity contribution in [1.82, 2.24) is 0 Å². The normalized spacial score (nSPS) is 12.9. The van der Waals surface area contributed by atoms with Crippen LogP contribution in [0, 0.1) is 5.92 Å². The maximum absolute atomic E-state index is 11.6. The summed E-state index contributed by atoms with van der Waals surface area (Å²) >= 11 is 1.93. The largest absolute Gasteiger partial charge is 0.463 e. The maximum Gasteiger partial charge on any atom is 0.309 e. The molecule has 2 nitrogen and oxygen atoms in total. The molecule has 0 N–H and O–H groups in total. The van der Waals surface area contributed by atoms with Gasteiger partial charge in [0.15, 0.2) is 0 Å². The Morgan fingerprint density at radius 3 is 2.40 bits per heavy atom. The molecule has 90 valence electrons. The molecule has 0 aromatic carbocycles. The summed E-state index contributed by atoms with van der Waals surface area (Å²) in [4.78, 5) is 11.6. The number of hydrogen-bond acceptors (Lipinski definition) is 3. The van der Waals surface area contributed by atoms with E-state index in [1.807, 2.05) is 25.6 Å². The first-order valence-corrected chi connectivity index (χ1v) is 7.05. The molecule has 0 aromatic rings. The van der Waals surface area contributed by atoms with E-state index < -0.39 is 0 Å². The molecule has 0 aromatic heterocycles. The summed E-state index contributed by atoms with van der Waals surface area (Å²) in [6, 6.07) is 0. The van der Waals surface area contributed by atoms with E-state index in [1.165, 1.54) is 12.2 Å². The number of rotatable bonds is 8. The lowest BCUT2D eigenvalue weighted by Crippen LogP contribution is -2.21. The van der Waals surface area contributed by atoms with E-state index in [1.54, 1.807) is 0 Å². The molecule has 0 fully saturated rings. The van der Waals surface area contributed by atoms with Gasteiger partial charge in [0.05, 0.1) is 12.0 Å². The standard InChI is InChI=1S/C12H24O2S/c1-5-8-15-9-7-11(6-2)12(13)14-10(3)4/h10-11H,5-9H2,1-4H3. The molecule has 0 radical (unpaired) electrons. The average Bonchev–Trinajstić information content (AvgIpc) is 2.16. The lowest BCUT2D eigenvalue weighted by Gasteiger charge is -2.15. The molecular formula is C12H24O2S. The predicted octanol–water partition coefficient (Wildman–Crippen LogP) is 3.50. The van der Waals surface area contributed by atoms with Crippen molar-refractivity contribution < 1.29 is 9.53 Å². The van der Waals surface area contributed by atoms with Gasteiger partial charge in [-0.05, 0) is 44.6 Å². The van der Waals surface area contributed by atoms with Crippen molar-refractivity contribution >= 4 is 17.7 Å². The molecule has 0 spiro atoms. The summed E-state index contributed by atoms with van der Waals surface area (Å²) in [5.74, 6) is 2.33. The summed E-state index contributed by atoms with van der Waals surface area (Å²) in [6.07, 6.45) is 3.05. The summed E-state index contributed by atoms with van der Waals surface area (Å²) in [6.45, 7) is 8.03. The highest BCUT2D eigenvalue weighted by Crippen LogP contribution is 2.16. The smallest absolute Gasteiger partial charge is 0.309 e. The van der Waals surface area contributed by atoms with Crippen LogP contribution < -0.4 is 0 Å². The van der Waals surface area contributed by atoms with Crippen molar-refractivity contribution in [3.8, 4) is 0 Å². The molecule has 1 atom stereocenters. The first-order valence-electron chi connectivity index (χ1n) is 5.90. The van der Waals surface area contributed by atoms with Gasteiger partial charge in [0.2, 0.25) is 0 Å². The molecule has 15 heavy (non-hydrogen) atoms. The molecule has 0 bridgehead atoms. The first kappa shape index (κ1) is 14.8. The molecule has 1 unspecified atom stereocenters. The number of esters is 1. The second-order valence-electron chi connectivity index (χ2n) is 3.99. The summed E-state index contributed by atoms with van der Waals surface area (Å²) in [7, 11) is 0. The lowest BCUT2D eigenvalue weighted by atomic mass is 10.0. The van der Waals surface area contributed by atoms with Gasteiger partial charge in [-0.25, -0.2) is 0 Å². The molecule has 0 aliphatic carbocycles. The molecule has 0 aliphatic rings. The highest BCUT2D eigenvalue weighted by Gasteiger charge is 2.18. The van der Waals surface area contributed by atoms with Gasteiger partial charge in [-0.1, -0.05) is 13.8 Å². The number of carbonyl (C=O) groups is 1.